The normalized spacial score (nSPS) is 21.4. The molecule has 4 nitrogen and oxygen atoms in total. The number of carbonyl (C=O) groups excluding carboxylic acids is 2. The number of Topliss-reactive ketones (excluding diaryl/α,β-unsaturated/α-hetero) is 1. The molecule has 1 aromatic carbocycles. The van der Waals surface area contributed by atoms with E-state index in [0.717, 1.165) is 5.56 Å². The van der Waals surface area contributed by atoms with Crippen LogP contribution in [0.2, 0.25) is 5.02 Å². The molecule has 0 saturated carbocycles. The molecular weight excluding hydrogens is 268 g/mol. The zero-order valence-corrected chi connectivity index (χ0v) is 12.0. The van der Waals surface area contributed by atoms with Crippen molar-refractivity contribution in [3.8, 4) is 5.75 Å². The number of cyclic esters (lactones) is 1. The van der Waals surface area contributed by atoms with Crippen LogP contribution in [0.3, 0.4) is 0 Å². The van der Waals surface area contributed by atoms with Crippen molar-refractivity contribution in [3.63, 3.8) is 0 Å². The van der Waals surface area contributed by atoms with E-state index in [0.29, 0.717) is 16.3 Å². The van der Waals surface area contributed by atoms with E-state index in [4.69, 9.17) is 21.1 Å². The Balaban J connectivity index is 2.60. The van der Waals surface area contributed by atoms with Crippen LogP contribution in [0.1, 0.15) is 30.9 Å². The molecule has 1 aliphatic rings. The standard InChI is InChI=1S/C14H15ClO4/c1-7-5-8(15)6-9(18-4)10(7)11-12(16)14(2,3)19-13(11)17/h5-6,11H,1-4H3. The molecule has 102 valence electrons. The van der Waals surface area contributed by atoms with Gasteiger partial charge in [0.25, 0.3) is 0 Å². The molecule has 1 saturated heterocycles. The van der Waals surface area contributed by atoms with Gasteiger partial charge in [-0.1, -0.05) is 11.6 Å². The zero-order valence-electron chi connectivity index (χ0n) is 11.2. The van der Waals surface area contributed by atoms with Gasteiger partial charge in [-0.2, -0.15) is 0 Å². The first-order valence-corrected chi connectivity index (χ1v) is 6.27. The molecule has 0 aliphatic carbocycles. The second-order valence-corrected chi connectivity index (χ2v) is 5.50. The van der Waals surface area contributed by atoms with Gasteiger partial charge >= 0.3 is 5.97 Å². The topological polar surface area (TPSA) is 52.6 Å². The van der Waals surface area contributed by atoms with E-state index in [1.54, 1.807) is 32.9 Å². The second-order valence-electron chi connectivity index (χ2n) is 5.07. The highest BCUT2D eigenvalue weighted by molar-refractivity contribution is 6.31. The molecule has 1 heterocycles. The molecule has 1 atom stereocenters. The summed E-state index contributed by atoms with van der Waals surface area (Å²) in [5.41, 5.74) is 0.170. The first-order chi connectivity index (χ1) is 8.77. The smallest absolute Gasteiger partial charge is 0.322 e. The van der Waals surface area contributed by atoms with Crippen molar-refractivity contribution in [3.05, 3.63) is 28.3 Å². The molecule has 1 aromatic rings. The number of rotatable bonds is 2. The van der Waals surface area contributed by atoms with Crippen LogP contribution in [0.25, 0.3) is 0 Å². The van der Waals surface area contributed by atoms with E-state index in [1.807, 2.05) is 0 Å². The summed E-state index contributed by atoms with van der Waals surface area (Å²) in [5.74, 6) is -1.32. The number of benzene rings is 1. The molecule has 0 spiro atoms. The summed E-state index contributed by atoms with van der Waals surface area (Å²) in [7, 11) is 1.48. The monoisotopic (exact) mass is 282 g/mol. The number of aryl methyl sites for hydroxylation is 1. The molecule has 5 heteroatoms. The summed E-state index contributed by atoms with van der Waals surface area (Å²) >= 11 is 5.96. The summed E-state index contributed by atoms with van der Waals surface area (Å²) < 4.78 is 10.4. The van der Waals surface area contributed by atoms with Gasteiger partial charge in [0.15, 0.2) is 11.4 Å². The van der Waals surface area contributed by atoms with E-state index in [9.17, 15) is 9.59 Å². The highest BCUT2D eigenvalue weighted by Gasteiger charge is 2.51. The van der Waals surface area contributed by atoms with Crippen LogP contribution in [0.5, 0.6) is 5.75 Å². The number of methoxy groups -OCH3 is 1. The summed E-state index contributed by atoms with van der Waals surface area (Å²) in [4.78, 5) is 24.3. The van der Waals surface area contributed by atoms with Crippen LogP contribution < -0.4 is 4.74 Å². The van der Waals surface area contributed by atoms with E-state index in [2.05, 4.69) is 0 Å². The van der Waals surface area contributed by atoms with Crippen LogP contribution in [0.15, 0.2) is 12.1 Å². The number of hydrogen-bond donors (Lipinski definition) is 0. The number of ether oxygens (including phenoxy) is 2. The molecule has 19 heavy (non-hydrogen) atoms. The fourth-order valence-corrected chi connectivity index (χ4v) is 2.59. The second kappa shape index (κ2) is 4.53. The largest absolute Gasteiger partial charge is 0.496 e. The van der Waals surface area contributed by atoms with Crippen LogP contribution in [0.4, 0.5) is 0 Å². The summed E-state index contributed by atoms with van der Waals surface area (Å²) in [5, 5.41) is 0.496. The number of esters is 1. The Labute approximate surface area is 116 Å². The lowest BCUT2D eigenvalue weighted by Gasteiger charge is -2.16. The predicted octanol–water partition coefficient (Wildman–Crippen LogP) is 2.65. The molecule has 0 radical (unpaired) electrons. The number of halogens is 1. The molecule has 1 fully saturated rings. The van der Waals surface area contributed by atoms with Gasteiger partial charge in [0, 0.05) is 10.6 Å². The molecule has 0 amide bonds. The van der Waals surface area contributed by atoms with Gasteiger partial charge < -0.3 is 9.47 Å². The predicted molar refractivity (Wildman–Crippen MR) is 70.7 cm³/mol. The molecule has 1 unspecified atom stereocenters. The highest BCUT2D eigenvalue weighted by atomic mass is 35.5. The van der Waals surface area contributed by atoms with E-state index in [-0.39, 0.29) is 5.78 Å². The van der Waals surface area contributed by atoms with Crippen molar-refractivity contribution in [2.75, 3.05) is 7.11 Å². The first kappa shape index (κ1) is 13.9. The summed E-state index contributed by atoms with van der Waals surface area (Å²) in [6.07, 6.45) is 0. The van der Waals surface area contributed by atoms with Crippen LogP contribution in [0, 0.1) is 6.92 Å². The molecular formula is C14H15ClO4. The lowest BCUT2D eigenvalue weighted by atomic mass is 9.87. The highest BCUT2D eigenvalue weighted by Crippen LogP contribution is 2.40. The molecule has 2 rings (SSSR count). The van der Waals surface area contributed by atoms with Gasteiger partial charge in [-0.3, -0.25) is 9.59 Å². The van der Waals surface area contributed by atoms with Gasteiger partial charge in [-0.25, -0.2) is 0 Å². The van der Waals surface area contributed by atoms with Crippen molar-refractivity contribution < 1.29 is 19.1 Å². The fourth-order valence-electron chi connectivity index (χ4n) is 2.33. The minimum absolute atomic E-state index is 0.263. The SMILES string of the molecule is COc1cc(Cl)cc(C)c1C1C(=O)OC(C)(C)C1=O. The Morgan fingerprint density at radius 1 is 1.32 bits per heavy atom. The van der Waals surface area contributed by atoms with Crippen LogP contribution in [-0.4, -0.2) is 24.5 Å². The number of carbonyl (C=O) groups is 2. The maximum atomic E-state index is 12.3. The zero-order chi connectivity index (χ0) is 14.4. The van der Waals surface area contributed by atoms with Crippen LogP contribution in [-0.2, 0) is 14.3 Å². The van der Waals surface area contributed by atoms with Crippen molar-refractivity contribution >= 4 is 23.4 Å². The lowest BCUT2D eigenvalue weighted by molar-refractivity contribution is -0.148. The van der Waals surface area contributed by atoms with Crippen molar-refractivity contribution in [1.82, 2.24) is 0 Å². The third-order valence-corrected chi connectivity index (χ3v) is 3.49. The van der Waals surface area contributed by atoms with Crippen LogP contribution >= 0.6 is 11.6 Å². The lowest BCUT2D eigenvalue weighted by Crippen LogP contribution is -2.29. The maximum absolute atomic E-state index is 12.3. The van der Waals surface area contributed by atoms with Gasteiger partial charge in [0.05, 0.1) is 7.11 Å². The Morgan fingerprint density at radius 3 is 2.42 bits per heavy atom. The Hall–Kier alpha value is -1.55. The summed E-state index contributed by atoms with van der Waals surface area (Å²) in [6.45, 7) is 4.96. The van der Waals surface area contributed by atoms with Gasteiger partial charge in [0.1, 0.15) is 11.7 Å². The average molecular weight is 283 g/mol. The Bertz CT molecular complexity index is 563. The third-order valence-electron chi connectivity index (χ3n) is 3.27. The number of ketones is 1. The maximum Gasteiger partial charge on any atom is 0.322 e. The minimum Gasteiger partial charge on any atom is -0.496 e. The fraction of sp³-hybridized carbons (Fsp3) is 0.429. The Morgan fingerprint density at radius 2 is 1.95 bits per heavy atom. The first-order valence-electron chi connectivity index (χ1n) is 5.89. The Kier molecular flexibility index (Phi) is 3.31. The minimum atomic E-state index is -1.10. The molecule has 0 aromatic heterocycles. The summed E-state index contributed by atoms with van der Waals surface area (Å²) in [6, 6.07) is 3.29. The quantitative estimate of drug-likeness (QED) is 0.618. The van der Waals surface area contributed by atoms with Gasteiger partial charge in [-0.15, -0.1) is 0 Å². The van der Waals surface area contributed by atoms with E-state index >= 15 is 0 Å². The van der Waals surface area contributed by atoms with Crippen molar-refractivity contribution in [1.29, 1.82) is 0 Å². The van der Waals surface area contributed by atoms with Crippen molar-refractivity contribution in [2.24, 2.45) is 0 Å². The van der Waals surface area contributed by atoms with E-state index in [1.165, 1.54) is 7.11 Å². The molecule has 0 N–H and O–H groups in total. The number of hydrogen-bond acceptors (Lipinski definition) is 4. The van der Waals surface area contributed by atoms with Gasteiger partial charge in [-0.05, 0) is 38.5 Å². The molecule has 1 aliphatic heterocycles. The van der Waals surface area contributed by atoms with Gasteiger partial charge in [0.2, 0.25) is 0 Å². The average Bonchev–Trinajstić information content (AvgIpc) is 2.49. The van der Waals surface area contributed by atoms with Crippen molar-refractivity contribution in [2.45, 2.75) is 32.3 Å². The molecule has 0 bridgehead atoms. The van der Waals surface area contributed by atoms with E-state index < -0.39 is 17.5 Å². The third kappa shape index (κ3) is 2.21.